The first-order chi connectivity index (χ1) is 8.66. The Morgan fingerprint density at radius 2 is 2.33 bits per heavy atom. The lowest BCUT2D eigenvalue weighted by Gasteiger charge is -2.24. The summed E-state index contributed by atoms with van der Waals surface area (Å²) < 4.78 is 10.6. The second-order valence-corrected chi connectivity index (χ2v) is 6.03. The lowest BCUT2D eigenvalue weighted by molar-refractivity contribution is -0.0149. The van der Waals surface area contributed by atoms with Crippen molar-refractivity contribution in [3.05, 3.63) is 11.7 Å². The fourth-order valence-corrected chi connectivity index (χ4v) is 2.71. The van der Waals surface area contributed by atoms with E-state index in [1.165, 1.54) is 0 Å². The van der Waals surface area contributed by atoms with Crippen LogP contribution in [0.2, 0.25) is 0 Å². The van der Waals surface area contributed by atoms with Gasteiger partial charge in [0.2, 0.25) is 5.89 Å². The van der Waals surface area contributed by atoms with Gasteiger partial charge in [0.05, 0.1) is 24.4 Å². The van der Waals surface area contributed by atoms with Crippen molar-refractivity contribution >= 4 is 11.8 Å². The van der Waals surface area contributed by atoms with Crippen LogP contribution in [-0.4, -0.2) is 40.3 Å². The molecule has 2 rings (SSSR count). The van der Waals surface area contributed by atoms with Gasteiger partial charge in [0, 0.05) is 6.61 Å². The minimum atomic E-state index is -0.435. The number of thioether (sulfide) groups is 1. The van der Waals surface area contributed by atoms with Crippen molar-refractivity contribution in [3.63, 3.8) is 0 Å². The van der Waals surface area contributed by atoms with E-state index in [4.69, 9.17) is 9.26 Å². The summed E-state index contributed by atoms with van der Waals surface area (Å²) in [6.07, 6.45) is 0.195. The molecule has 2 unspecified atom stereocenters. The molecule has 0 aliphatic carbocycles. The molecule has 6 heteroatoms. The van der Waals surface area contributed by atoms with Crippen molar-refractivity contribution in [1.29, 1.82) is 0 Å². The zero-order valence-corrected chi connectivity index (χ0v) is 11.7. The molecule has 1 aromatic heterocycles. The summed E-state index contributed by atoms with van der Waals surface area (Å²) in [5, 5.41) is 13.8. The van der Waals surface area contributed by atoms with Gasteiger partial charge >= 0.3 is 0 Å². The Balaban J connectivity index is 1.88. The molecule has 0 amide bonds. The van der Waals surface area contributed by atoms with Gasteiger partial charge in [-0.15, -0.1) is 0 Å². The number of ether oxygens (including phenoxy) is 1. The SMILES string of the molecule is CC(C)CSCc1noc(C2COCCC2O)n1. The van der Waals surface area contributed by atoms with Crippen LogP contribution < -0.4 is 0 Å². The normalized spacial score (nSPS) is 24.7. The highest BCUT2D eigenvalue weighted by molar-refractivity contribution is 7.98. The minimum absolute atomic E-state index is 0.171. The summed E-state index contributed by atoms with van der Waals surface area (Å²) in [5.41, 5.74) is 0. The molecule has 1 saturated heterocycles. The molecule has 0 radical (unpaired) electrons. The van der Waals surface area contributed by atoms with Gasteiger partial charge in [-0.2, -0.15) is 16.7 Å². The Kier molecular flexibility index (Phi) is 5.03. The molecule has 1 N–H and O–H groups in total. The van der Waals surface area contributed by atoms with E-state index in [9.17, 15) is 5.11 Å². The Hall–Kier alpha value is -0.590. The fourth-order valence-electron chi connectivity index (χ4n) is 1.83. The number of aliphatic hydroxyl groups is 1. The smallest absolute Gasteiger partial charge is 0.234 e. The first-order valence-corrected chi connectivity index (χ1v) is 7.48. The predicted octanol–water partition coefficient (Wildman–Crippen LogP) is 1.82. The zero-order chi connectivity index (χ0) is 13.0. The van der Waals surface area contributed by atoms with Crippen molar-refractivity contribution < 1.29 is 14.4 Å². The monoisotopic (exact) mass is 272 g/mol. The molecule has 5 nitrogen and oxygen atoms in total. The lowest BCUT2D eigenvalue weighted by Crippen LogP contribution is -2.30. The predicted molar refractivity (Wildman–Crippen MR) is 69.5 cm³/mol. The van der Waals surface area contributed by atoms with Gasteiger partial charge in [-0.25, -0.2) is 0 Å². The van der Waals surface area contributed by atoms with E-state index in [1.54, 1.807) is 11.8 Å². The second-order valence-electron chi connectivity index (χ2n) is 5.00. The molecule has 1 aromatic rings. The number of rotatable bonds is 5. The molecule has 102 valence electrons. The van der Waals surface area contributed by atoms with E-state index < -0.39 is 6.10 Å². The summed E-state index contributed by atoms with van der Waals surface area (Å²) in [6.45, 7) is 5.43. The maximum atomic E-state index is 9.87. The number of aliphatic hydroxyl groups excluding tert-OH is 1. The van der Waals surface area contributed by atoms with Crippen LogP contribution in [0, 0.1) is 5.92 Å². The lowest BCUT2D eigenvalue weighted by atomic mass is 9.99. The molecule has 1 aliphatic heterocycles. The van der Waals surface area contributed by atoms with Crippen molar-refractivity contribution in [1.82, 2.24) is 10.1 Å². The number of nitrogens with zero attached hydrogens (tertiary/aromatic N) is 2. The molecule has 0 saturated carbocycles. The van der Waals surface area contributed by atoms with E-state index >= 15 is 0 Å². The minimum Gasteiger partial charge on any atom is -0.392 e. The maximum absolute atomic E-state index is 9.87. The van der Waals surface area contributed by atoms with Crippen molar-refractivity contribution in [3.8, 4) is 0 Å². The highest BCUT2D eigenvalue weighted by Gasteiger charge is 2.30. The van der Waals surface area contributed by atoms with Gasteiger partial charge in [-0.05, 0) is 18.1 Å². The Labute approximate surface area is 111 Å². The second kappa shape index (κ2) is 6.54. The highest BCUT2D eigenvalue weighted by Crippen LogP contribution is 2.25. The third-order valence-corrected chi connectivity index (χ3v) is 4.17. The topological polar surface area (TPSA) is 68.4 Å². The average molecular weight is 272 g/mol. The molecule has 1 aliphatic rings. The molecule has 1 fully saturated rings. The van der Waals surface area contributed by atoms with Crippen LogP contribution in [0.5, 0.6) is 0 Å². The van der Waals surface area contributed by atoms with Crippen LogP contribution >= 0.6 is 11.8 Å². The fraction of sp³-hybridized carbons (Fsp3) is 0.833. The van der Waals surface area contributed by atoms with Crippen LogP contribution in [0.3, 0.4) is 0 Å². The quantitative estimate of drug-likeness (QED) is 0.882. The van der Waals surface area contributed by atoms with E-state index in [0.717, 1.165) is 11.5 Å². The number of hydrogen-bond donors (Lipinski definition) is 1. The molecular formula is C12H20N2O3S. The van der Waals surface area contributed by atoms with Crippen LogP contribution in [0.25, 0.3) is 0 Å². The molecule has 0 spiro atoms. The molecular weight excluding hydrogens is 252 g/mol. The maximum Gasteiger partial charge on any atom is 0.234 e. The standard InChI is InChI=1S/C12H20N2O3S/c1-8(2)6-18-7-11-13-12(17-14-11)9-5-16-4-3-10(9)15/h8-10,15H,3-7H2,1-2H3. The summed E-state index contributed by atoms with van der Waals surface area (Å²) in [5.74, 6) is 3.53. The largest absolute Gasteiger partial charge is 0.392 e. The Bertz CT molecular complexity index is 370. The number of aromatic nitrogens is 2. The summed E-state index contributed by atoms with van der Waals surface area (Å²) >= 11 is 1.80. The van der Waals surface area contributed by atoms with Crippen LogP contribution in [0.15, 0.2) is 4.52 Å². The van der Waals surface area contributed by atoms with Crippen LogP contribution in [0.1, 0.15) is 37.9 Å². The van der Waals surface area contributed by atoms with Gasteiger partial charge in [0.25, 0.3) is 0 Å². The van der Waals surface area contributed by atoms with Crippen LogP contribution in [-0.2, 0) is 10.5 Å². The van der Waals surface area contributed by atoms with Gasteiger partial charge in [-0.1, -0.05) is 19.0 Å². The average Bonchev–Trinajstić information content (AvgIpc) is 2.78. The number of hydrogen-bond acceptors (Lipinski definition) is 6. The Morgan fingerprint density at radius 1 is 1.50 bits per heavy atom. The van der Waals surface area contributed by atoms with Gasteiger partial charge in [0.1, 0.15) is 0 Å². The summed E-state index contributed by atoms with van der Waals surface area (Å²) in [7, 11) is 0. The van der Waals surface area contributed by atoms with E-state index in [0.29, 0.717) is 37.3 Å². The van der Waals surface area contributed by atoms with Crippen LogP contribution in [0.4, 0.5) is 0 Å². The molecule has 2 atom stereocenters. The van der Waals surface area contributed by atoms with Crippen molar-refractivity contribution in [2.24, 2.45) is 5.92 Å². The van der Waals surface area contributed by atoms with Gasteiger partial charge in [-0.3, -0.25) is 0 Å². The third-order valence-electron chi connectivity index (χ3n) is 2.80. The Morgan fingerprint density at radius 3 is 3.06 bits per heavy atom. The summed E-state index contributed by atoms with van der Waals surface area (Å²) in [6, 6.07) is 0. The third kappa shape index (κ3) is 3.70. The van der Waals surface area contributed by atoms with Gasteiger partial charge in [0.15, 0.2) is 5.82 Å². The highest BCUT2D eigenvalue weighted by atomic mass is 32.2. The zero-order valence-electron chi connectivity index (χ0n) is 10.8. The molecule has 2 heterocycles. The van der Waals surface area contributed by atoms with E-state index in [2.05, 4.69) is 24.0 Å². The first-order valence-electron chi connectivity index (χ1n) is 6.33. The molecule has 18 heavy (non-hydrogen) atoms. The molecule has 0 bridgehead atoms. The van der Waals surface area contributed by atoms with Gasteiger partial charge < -0.3 is 14.4 Å². The van der Waals surface area contributed by atoms with Crippen molar-refractivity contribution in [2.45, 2.75) is 38.0 Å². The van der Waals surface area contributed by atoms with E-state index in [-0.39, 0.29) is 5.92 Å². The van der Waals surface area contributed by atoms with E-state index in [1.807, 2.05) is 0 Å². The summed E-state index contributed by atoms with van der Waals surface area (Å²) in [4.78, 5) is 4.34. The molecule has 0 aromatic carbocycles. The van der Waals surface area contributed by atoms with Crippen molar-refractivity contribution in [2.75, 3.05) is 19.0 Å². The first kappa shape index (κ1) is 13.8.